The van der Waals surface area contributed by atoms with Gasteiger partial charge in [-0.1, -0.05) is 13.8 Å². The average Bonchev–Trinajstić information content (AvgIpc) is 2.29. The fourth-order valence-electron chi connectivity index (χ4n) is 1.12. The highest BCUT2D eigenvalue weighted by Crippen LogP contribution is 2.12. The number of esters is 2. The van der Waals surface area contributed by atoms with E-state index in [-0.39, 0.29) is 31.6 Å². The van der Waals surface area contributed by atoms with Gasteiger partial charge in [0, 0.05) is 19.3 Å². The molecule has 0 bridgehead atoms. The molecule has 6 heteroatoms. The molecule has 0 aliphatic carbocycles. The highest BCUT2D eigenvalue weighted by Gasteiger charge is 2.16. The topological polar surface area (TPSA) is 93.1 Å². The lowest BCUT2D eigenvalue weighted by molar-refractivity contribution is -0.147. The lowest BCUT2D eigenvalue weighted by Crippen LogP contribution is -2.11. The SMILES string of the molecule is CCCC(=O)O/C(O)=C(/CCO)OC(=O)CCC. The summed E-state index contributed by atoms with van der Waals surface area (Å²) in [4.78, 5) is 22.4. The maximum atomic E-state index is 11.3. The molecule has 0 aromatic rings. The zero-order valence-corrected chi connectivity index (χ0v) is 10.8. The third kappa shape index (κ3) is 6.90. The van der Waals surface area contributed by atoms with E-state index in [1.807, 2.05) is 0 Å². The van der Waals surface area contributed by atoms with Crippen molar-refractivity contribution >= 4 is 11.9 Å². The molecule has 2 N–H and O–H groups in total. The molecule has 6 nitrogen and oxygen atoms in total. The molecule has 0 amide bonds. The van der Waals surface area contributed by atoms with E-state index in [2.05, 4.69) is 4.74 Å². The molecule has 0 fully saturated rings. The van der Waals surface area contributed by atoms with Gasteiger partial charge in [0.25, 0.3) is 0 Å². The summed E-state index contributed by atoms with van der Waals surface area (Å²) in [6.45, 7) is 3.26. The van der Waals surface area contributed by atoms with Crippen molar-refractivity contribution in [1.29, 1.82) is 0 Å². The van der Waals surface area contributed by atoms with E-state index in [9.17, 15) is 14.7 Å². The Hall–Kier alpha value is -1.56. The van der Waals surface area contributed by atoms with Crippen LogP contribution < -0.4 is 0 Å². The second-order valence-electron chi connectivity index (χ2n) is 3.65. The molecule has 0 spiro atoms. The predicted molar refractivity (Wildman–Crippen MR) is 63.4 cm³/mol. The summed E-state index contributed by atoms with van der Waals surface area (Å²) in [6.07, 6.45) is 1.42. The first-order chi connectivity index (χ1) is 8.54. The van der Waals surface area contributed by atoms with E-state index in [4.69, 9.17) is 9.84 Å². The van der Waals surface area contributed by atoms with Gasteiger partial charge in [-0.15, -0.1) is 0 Å². The van der Waals surface area contributed by atoms with Crippen molar-refractivity contribution in [3.63, 3.8) is 0 Å². The Morgan fingerprint density at radius 2 is 1.44 bits per heavy atom. The molecule has 0 heterocycles. The molecule has 18 heavy (non-hydrogen) atoms. The first kappa shape index (κ1) is 16.4. The van der Waals surface area contributed by atoms with Gasteiger partial charge in [-0.2, -0.15) is 0 Å². The summed E-state index contributed by atoms with van der Waals surface area (Å²) in [7, 11) is 0. The normalized spacial score (nSPS) is 11.7. The minimum Gasteiger partial charge on any atom is -0.478 e. The maximum absolute atomic E-state index is 11.3. The summed E-state index contributed by atoms with van der Waals surface area (Å²) >= 11 is 0. The van der Waals surface area contributed by atoms with E-state index in [0.717, 1.165) is 0 Å². The fourth-order valence-corrected chi connectivity index (χ4v) is 1.12. The Morgan fingerprint density at radius 3 is 1.89 bits per heavy atom. The monoisotopic (exact) mass is 260 g/mol. The number of hydrogen-bond donors (Lipinski definition) is 2. The Labute approximate surface area is 106 Å². The van der Waals surface area contributed by atoms with Crippen molar-refractivity contribution in [1.82, 2.24) is 0 Å². The van der Waals surface area contributed by atoms with Gasteiger partial charge in [-0.3, -0.25) is 9.59 Å². The maximum Gasteiger partial charge on any atom is 0.325 e. The molecule has 0 saturated carbocycles. The quantitative estimate of drug-likeness (QED) is 0.510. The van der Waals surface area contributed by atoms with Crippen molar-refractivity contribution in [2.45, 2.75) is 46.0 Å². The molecule has 0 aromatic heterocycles. The van der Waals surface area contributed by atoms with Crippen LogP contribution in [-0.4, -0.2) is 28.8 Å². The van der Waals surface area contributed by atoms with Crippen LogP contribution in [-0.2, 0) is 19.1 Å². The minimum atomic E-state index is -0.757. The van der Waals surface area contributed by atoms with Gasteiger partial charge in [-0.05, 0) is 12.8 Å². The molecule has 0 radical (unpaired) electrons. The number of rotatable bonds is 8. The summed E-state index contributed by atoms with van der Waals surface area (Å²) in [5.41, 5.74) is 0. The number of ether oxygens (including phenoxy) is 2. The van der Waals surface area contributed by atoms with Crippen molar-refractivity contribution in [2.24, 2.45) is 0 Å². The van der Waals surface area contributed by atoms with Crippen LogP contribution in [0.4, 0.5) is 0 Å². The lowest BCUT2D eigenvalue weighted by atomic mass is 10.3. The Bertz CT molecular complexity index is 308. The Balaban J connectivity index is 4.61. The van der Waals surface area contributed by atoms with Gasteiger partial charge in [0.2, 0.25) is 0 Å². The first-order valence-electron chi connectivity index (χ1n) is 5.99. The summed E-state index contributed by atoms with van der Waals surface area (Å²) in [5.74, 6) is -2.14. The van der Waals surface area contributed by atoms with Gasteiger partial charge in [0.15, 0.2) is 5.76 Å². The number of carbonyl (C=O) groups is 2. The van der Waals surface area contributed by atoms with Crippen LogP contribution in [0.25, 0.3) is 0 Å². The van der Waals surface area contributed by atoms with Crippen molar-refractivity contribution in [2.75, 3.05) is 6.61 Å². The third-order valence-corrected chi connectivity index (χ3v) is 1.93. The Kier molecular flexibility index (Phi) is 8.65. The molecule has 0 rings (SSSR count). The van der Waals surface area contributed by atoms with Crippen molar-refractivity contribution in [3.05, 3.63) is 11.7 Å². The third-order valence-electron chi connectivity index (χ3n) is 1.93. The van der Waals surface area contributed by atoms with Crippen molar-refractivity contribution < 1.29 is 29.3 Å². The summed E-state index contributed by atoms with van der Waals surface area (Å²) in [6, 6.07) is 0. The largest absolute Gasteiger partial charge is 0.478 e. The minimum absolute atomic E-state index is 0.0965. The van der Waals surface area contributed by atoms with Gasteiger partial charge < -0.3 is 19.7 Å². The van der Waals surface area contributed by atoms with E-state index in [1.165, 1.54) is 0 Å². The number of aliphatic hydroxyl groups is 2. The standard InChI is InChI=1S/C12H20O6/c1-3-5-10(14)17-9(7-8-13)12(16)18-11(15)6-4-2/h13,16H,3-8H2,1-2H3/b12-9-. The zero-order chi connectivity index (χ0) is 14.0. The fraction of sp³-hybridized carbons (Fsp3) is 0.667. The molecule has 0 aliphatic rings. The first-order valence-corrected chi connectivity index (χ1v) is 5.99. The van der Waals surface area contributed by atoms with Gasteiger partial charge in [0.1, 0.15) is 0 Å². The molecule has 0 atom stereocenters. The highest BCUT2D eigenvalue weighted by atomic mass is 16.6. The summed E-state index contributed by atoms with van der Waals surface area (Å²) < 4.78 is 9.42. The Morgan fingerprint density at radius 1 is 0.944 bits per heavy atom. The van der Waals surface area contributed by atoms with Crippen LogP contribution in [0.3, 0.4) is 0 Å². The zero-order valence-electron chi connectivity index (χ0n) is 10.8. The average molecular weight is 260 g/mol. The van der Waals surface area contributed by atoms with E-state index < -0.39 is 17.9 Å². The van der Waals surface area contributed by atoms with Crippen LogP contribution in [0.5, 0.6) is 0 Å². The van der Waals surface area contributed by atoms with E-state index in [0.29, 0.717) is 12.8 Å². The molecule has 0 saturated heterocycles. The number of carbonyl (C=O) groups excluding carboxylic acids is 2. The van der Waals surface area contributed by atoms with Crippen LogP contribution in [0, 0.1) is 0 Å². The number of hydrogen-bond acceptors (Lipinski definition) is 6. The molecule has 104 valence electrons. The van der Waals surface area contributed by atoms with Crippen LogP contribution in [0.2, 0.25) is 0 Å². The number of aliphatic hydroxyl groups excluding tert-OH is 2. The second-order valence-corrected chi connectivity index (χ2v) is 3.65. The van der Waals surface area contributed by atoms with Crippen molar-refractivity contribution in [3.8, 4) is 0 Å². The molecule has 0 aromatic carbocycles. The van der Waals surface area contributed by atoms with Gasteiger partial charge in [-0.25, -0.2) is 0 Å². The van der Waals surface area contributed by atoms with E-state index in [1.54, 1.807) is 13.8 Å². The van der Waals surface area contributed by atoms with Gasteiger partial charge >= 0.3 is 17.9 Å². The van der Waals surface area contributed by atoms with Crippen LogP contribution in [0.15, 0.2) is 11.7 Å². The second kappa shape index (κ2) is 9.47. The van der Waals surface area contributed by atoms with Crippen LogP contribution in [0.1, 0.15) is 46.0 Å². The highest BCUT2D eigenvalue weighted by molar-refractivity contribution is 5.71. The molecular weight excluding hydrogens is 240 g/mol. The molecular formula is C12H20O6. The summed E-state index contributed by atoms with van der Waals surface area (Å²) in [5, 5.41) is 18.3. The lowest BCUT2D eigenvalue weighted by Gasteiger charge is -2.09. The van der Waals surface area contributed by atoms with Crippen LogP contribution >= 0.6 is 0 Å². The molecule has 0 unspecified atom stereocenters. The predicted octanol–water partition coefficient (Wildman–Crippen LogP) is 1.78. The van der Waals surface area contributed by atoms with Gasteiger partial charge in [0.05, 0.1) is 6.61 Å². The molecule has 0 aliphatic heterocycles. The van der Waals surface area contributed by atoms with E-state index >= 15 is 0 Å². The smallest absolute Gasteiger partial charge is 0.325 e.